The molecule has 4 aromatic heterocycles. The van der Waals surface area contributed by atoms with Crippen LogP contribution in [-0.2, 0) is 83.8 Å². The van der Waals surface area contributed by atoms with E-state index < -0.39 is 0 Å². The second-order valence-corrected chi connectivity index (χ2v) is 29.9. The van der Waals surface area contributed by atoms with E-state index in [0.717, 1.165) is 180 Å². The van der Waals surface area contributed by atoms with Crippen molar-refractivity contribution in [3.63, 3.8) is 0 Å². The molecule has 4 aromatic carbocycles. The molecule has 8 heterocycles. The van der Waals surface area contributed by atoms with E-state index in [1.165, 1.54) is 22.3 Å². The number of carbonyl (C=O) groups excluding carboxylic acids is 4. The fraction of sp³-hybridized carbons (Fsp3) is 0.319. The average molecular weight is 1600 g/mol. The molecule has 568 valence electrons. The number of allylic oxidation sites excluding steroid dienone is 6. The van der Waals surface area contributed by atoms with Crippen molar-refractivity contribution in [2.45, 2.75) is 201 Å². The molecule has 0 spiro atoms. The van der Waals surface area contributed by atoms with Crippen molar-refractivity contribution < 1.29 is 58.1 Å². The molecule has 4 atom stereocenters. The minimum absolute atomic E-state index is 0. The number of carbonyl (C=O) groups is 4. The van der Waals surface area contributed by atoms with Gasteiger partial charge in [-0.15, -0.1) is 22.8 Å². The number of rotatable bonds is 24. The van der Waals surface area contributed by atoms with Crippen LogP contribution in [0.15, 0.2) is 209 Å². The summed E-state index contributed by atoms with van der Waals surface area (Å²) < 4.78 is 0. The molecule has 8 aromatic rings. The molecule has 4 aliphatic rings. The Labute approximate surface area is 687 Å². The van der Waals surface area contributed by atoms with E-state index in [1.54, 1.807) is 0 Å². The van der Waals surface area contributed by atoms with Gasteiger partial charge in [-0.25, -0.2) is 0 Å². The van der Waals surface area contributed by atoms with Crippen molar-refractivity contribution in [3.05, 3.63) is 301 Å². The van der Waals surface area contributed by atoms with Crippen LogP contribution in [-0.4, -0.2) is 46.5 Å². The van der Waals surface area contributed by atoms with Gasteiger partial charge in [0.25, 0.3) is 0 Å². The minimum Gasteiger partial charge on any atom is -0.661 e. The second kappa shape index (κ2) is 37.4. The molecule has 0 saturated heterocycles. The Kier molecular flexibility index (Phi) is 28.6. The quantitative estimate of drug-likeness (QED) is 0.0425. The molecular formula is C94H104N12O4Zn2. The summed E-state index contributed by atoms with van der Waals surface area (Å²) in [5, 5.41) is 12.5. The summed E-state index contributed by atoms with van der Waals surface area (Å²) in [6, 6.07) is 39.7. The molecule has 0 bridgehead atoms. The standard InChI is InChI=1S/2C47H54N6O2.2Zn/c2*1-26-38(32(7)48-42(26)24-44-28(3)40(34(9)50-44)22-46(54)52-30(5)36-17-13-11-14-18-36)21-39-27(2)43(49-33(39)8)25-45-29(4)41(35(10)51-45)23-47(55)53-31(6)37-19-15-12-16-20-37;;/h2*11-20,24-25,30-31H,21-23H2,1-10H3,(H4,48,49,50,51,52,53,54,55);;/q;;2*+2/p-4/t2*30-,31-;;/m11../s1. The van der Waals surface area contributed by atoms with Gasteiger partial charge in [-0.05, 0) is 190 Å². The first-order valence-electron chi connectivity index (χ1n) is 38.2. The smallest absolute Gasteiger partial charge is 0.661 e. The zero-order valence-electron chi connectivity index (χ0n) is 69.0. The zero-order valence-corrected chi connectivity index (χ0v) is 75.0. The van der Waals surface area contributed by atoms with Crippen LogP contribution in [0.3, 0.4) is 0 Å². The Hall–Kier alpha value is -10.3. The van der Waals surface area contributed by atoms with Crippen molar-refractivity contribution in [1.29, 1.82) is 0 Å². The minimum atomic E-state index is -0.0768. The van der Waals surface area contributed by atoms with Crippen LogP contribution in [0, 0.1) is 55.4 Å². The largest absolute Gasteiger partial charge is 2.00 e. The van der Waals surface area contributed by atoms with Crippen LogP contribution >= 0.6 is 0 Å². The number of amides is 4. The molecule has 0 radical (unpaired) electrons. The molecule has 16 nitrogen and oxygen atoms in total. The first-order chi connectivity index (χ1) is 52.4. The van der Waals surface area contributed by atoms with E-state index in [-0.39, 0.29) is 112 Å². The number of hydrogen-bond acceptors (Lipinski definition) is 8. The molecule has 0 aliphatic carbocycles. The zero-order chi connectivity index (χ0) is 79.1. The Bertz CT molecular complexity index is 5000. The first kappa shape index (κ1) is 85.7. The molecule has 18 heteroatoms. The number of aliphatic imine (C=N–C) groups is 4. The Morgan fingerprint density at radius 1 is 0.304 bits per heavy atom. The predicted octanol–water partition coefficient (Wildman–Crippen LogP) is 18.1. The molecule has 0 saturated carbocycles. The van der Waals surface area contributed by atoms with Crippen LogP contribution in [0.5, 0.6) is 0 Å². The van der Waals surface area contributed by atoms with Gasteiger partial charge >= 0.3 is 39.0 Å². The maximum atomic E-state index is 13.1. The van der Waals surface area contributed by atoms with Crippen LogP contribution in [0.1, 0.15) is 232 Å². The van der Waals surface area contributed by atoms with Crippen LogP contribution in [0.4, 0.5) is 0 Å². The maximum Gasteiger partial charge on any atom is 2.00 e. The number of aryl methyl sites for hydroxylation is 4. The van der Waals surface area contributed by atoms with Crippen molar-refractivity contribution >= 4 is 70.8 Å². The number of nitrogens with one attached hydrogen (secondary N) is 4. The Balaban J connectivity index is 0.000000253. The third-order valence-electron chi connectivity index (χ3n) is 22.4. The monoisotopic (exact) mass is 1590 g/mol. The van der Waals surface area contributed by atoms with Gasteiger partial charge in [-0.2, -0.15) is 22.8 Å². The normalized spacial score (nSPS) is 16.6. The van der Waals surface area contributed by atoms with Gasteiger partial charge in [-0.3, -0.25) is 39.1 Å². The van der Waals surface area contributed by atoms with E-state index >= 15 is 0 Å². The number of aromatic nitrogens is 4. The van der Waals surface area contributed by atoms with Gasteiger partial charge in [0.1, 0.15) is 0 Å². The molecule has 4 N–H and O–H groups in total. The summed E-state index contributed by atoms with van der Waals surface area (Å²) >= 11 is 0. The second-order valence-electron chi connectivity index (χ2n) is 29.9. The third kappa shape index (κ3) is 19.8. The predicted molar refractivity (Wildman–Crippen MR) is 448 cm³/mol. The fourth-order valence-electron chi connectivity index (χ4n) is 15.3. The van der Waals surface area contributed by atoms with Crippen LogP contribution < -0.4 is 41.2 Å². The first-order valence-corrected chi connectivity index (χ1v) is 38.2. The summed E-state index contributed by atoms with van der Waals surface area (Å²) in [6.45, 7) is 40.8. The topological polar surface area (TPSA) is 222 Å². The molecular weight excluding hydrogens is 1490 g/mol. The molecule has 112 heavy (non-hydrogen) atoms. The third-order valence-corrected chi connectivity index (χ3v) is 22.4. The number of benzene rings is 4. The van der Waals surface area contributed by atoms with Gasteiger partial charge in [0.05, 0.1) is 72.6 Å². The molecule has 0 fully saturated rings. The van der Waals surface area contributed by atoms with Crippen molar-refractivity contribution in [1.82, 2.24) is 41.2 Å². The van der Waals surface area contributed by atoms with E-state index in [1.807, 2.05) is 204 Å². The van der Waals surface area contributed by atoms with E-state index in [0.29, 0.717) is 12.8 Å². The summed E-state index contributed by atoms with van der Waals surface area (Å²) in [7, 11) is 0. The molecule has 0 unspecified atom stereocenters. The van der Waals surface area contributed by atoms with Crippen molar-refractivity contribution in [3.8, 4) is 0 Å². The van der Waals surface area contributed by atoms with Crippen molar-refractivity contribution in [2.75, 3.05) is 0 Å². The average Bonchev–Trinajstić information content (AvgIpc) is 1.64. The fourth-order valence-corrected chi connectivity index (χ4v) is 15.3. The summed E-state index contributed by atoms with van der Waals surface area (Å²) in [5.41, 5.74) is 35.7. The summed E-state index contributed by atoms with van der Waals surface area (Å²) in [5.74, 6) is -0.0948. The van der Waals surface area contributed by atoms with E-state index in [4.69, 9.17) is 39.9 Å². The van der Waals surface area contributed by atoms with E-state index in [2.05, 4.69) is 101 Å². The van der Waals surface area contributed by atoms with Gasteiger partial charge in [-0.1, -0.05) is 218 Å². The van der Waals surface area contributed by atoms with Gasteiger partial charge in [0.15, 0.2) is 0 Å². The summed E-state index contributed by atoms with van der Waals surface area (Å²) in [4.78, 5) is 91.7. The van der Waals surface area contributed by atoms with Crippen molar-refractivity contribution in [2.24, 2.45) is 20.0 Å². The number of nitrogens with zero attached hydrogens (tertiary/aromatic N) is 8. The Morgan fingerprint density at radius 2 is 0.509 bits per heavy atom. The van der Waals surface area contributed by atoms with Crippen LogP contribution in [0.2, 0.25) is 0 Å². The van der Waals surface area contributed by atoms with Gasteiger partial charge in [0, 0.05) is 22.8 Å². The SMILES string of the molecule is CC1=N/C(=C\c2[n-]c(C)c(CC3=C(C)/C(=C/c4[n-]c(C)c(CC(=O)N[C@H](C)c5ccccc5)c4C)N=C3C)c2C)C(C)=C1CC(=O)N[C@H](C)c1ccccc1.CC1=N/C(=C\c2[n-]c(C)c(CC3=C(C)/C(=C/c4[n-]c(C)c(CC(=O)N[C@H](C)c5ccccc5)c4C)N=C3C)c2C)C(C)=C1CC(=O)N[C@H](C)c1ccccc1.[Zn+2].[Zn+2]. The van der Waals surface area contributed by atoms with E-state index in [9.17, 15) is 19.2 Å². The molecule has 4 aliphatic heterocycles. The van der Waals surface area contributed by atoms with Crippen LogP contribution in [0.25, 0.3) is 24.3 Å². The molecule has 4 amide bonds. The maximum absolute atomic E-state index is 13.1. The Morgan fingerprint density at radius 3 is 0.759 bits per heavy atom. The number of hydrogen-bond donors (Lipinski definition) is 4. The molecule has 12 rings (SSSR count). The van der Waals surface area contributed by atoms with Gasteiger partial charge in [0.2, 0.25) is 23.6 Å². The van der Waals surface area contributed by atoms with Gasteiger partial charge < -0.3 is 41.2 Å². The summed E-state index contributed by atoms with van der Waals surface area (Å²) in [6.07, 6.45) is 10.7.